The van der Waals surface area contributed by atoms with Crippen LogP contribution in [0.4, 0.5) is 5.69 Å². The smallest absolute Gasteiger partial charge is 0.179 e. The van der Waals surface area contributed by atoms with E-state index >= 15 is 4.79 Å². The van der Waals surface area contributed by atoms with Crippen molar-refractivity contribution in [3.8, 4) is 17.0 Å². The molecule has 2 saturated heterocycles. The number of rotatable bonds is 2. The molecule has 212 valence electrons. The Morgan fingerprint density at radius 1 is 0.837 bits per heavy atom. The van der Waals surface area contributed by atoms with Crippen LogP contribution in [-0.2, 0) is 5.54 Å². The van der Waals surface area contributed by atoms with E-state index in [1.165, 1.54) is 5.56 Å². The van der Waals surface area contributed by atoms with E-state index in [9.17, 15) is 0 Å². The Labute approximate surface area is 251 Å². The number of ether oxygens (including phenoxy) is 1. The summed E-state index contributed by atoms with van der Waals surface area (Å²) >= 11 is 0. The lowest BCUT2D eigenvalue weighted by Gasteiger charge is -2.50. The minimum atomic E-state index is -0.954. The third-order valence-electron chi connectivity index (χ3n) is 10.5. The van der Waals surface area contributed by atoms with Gasteiger partial charge in [-0.3, -0.25) is 9.69 Å². The van der Waals surface area contributed by atoms with Crippen LogP contribution >= 0.6 is 0 Å². The van der Waals surface area contributed by atoms with Crippen LogP contribution in [0.5, 0.6) is 5.75 Å². The fourth-order valence-electron chi connectivity index (χ4n) is 8.94. The van der Waals surface area contributed by atoms with E-state index in [0.717, 1.165) is 58.6 Å². The molecule has 0 radical (unpaired) electrons. The molecule has 1 aromatic heterocycles. The van der Waals surface area contributed by atoms with Gasteiger partial charge in [0.25, 0.3) is 0 Å². The largest absolute Gasteiger partial charge is 0.492 e. The molecule has 5 aromatic rings. The molecule has 2 spiro atoms. The van der Waals surface area contributed by atoms with Gasteiger partial charge in [-0.1, -0.05) is 60.7 Å². The van der Waals surface area contributed by atoms with Crippen LogP contribution in [0.1, 0.15) is 45.9 Å². The van der Waals surface area contributed by atoms with Gasteiger partial charge in [0.1, 0.15) is 23.3 Å². The third-order valence-corrected chi connectivity index (χ3v) is 10.5. The second-order valence-corrected chi connectivity index (χ2v) is 12.6. The van der Waals surface area contributed by atoms with Gasteiger partial charge in [0, 0.05) is 37.3 Å². The number of fused-ring (bicyclic) bond motifs is 10. The fourth-order valence-corrected chi connectivity index (χ4v) is 8.94. The summed E-state index contributed by atoms with van der Waals surface area (Å²) in [6.45, 7) is 1.16. The zero-order chi connectivity index (χ0) is 28.9. The summed E-state index contributed by atoms with van der Waals surface area (Å²) in [4.78, 5) is 31.0. The Morgan fingerprint density at radius 2 is 1.53 bits per heavy atom. The average molecular weight is 565 g/mol. The first-order valence-electron chi connectivity index (χ1n) is 15.2. The lowest BCUT2D eigenvalue weighted by Crippen LogP contribution is -2.60. The van der Waals surface area contributed by atoms with E-state index in [2.05, 4.69) is 72.4 Å². The number of anilines is 1. The van der Waals surface area contributed by atoms with Crippen molar-refractivity contribution in [3.05, 3.63) is 119 Å². The van der Waals surface area contributed by atoms with Crippen LogP contribution in [0, 0.1) is 5.41 Å². The van der Waals surface area contributed by atoms with Crippen LogP contribution in [0.25, 0.3) is 22.3 Å². The normalized spacial score (nSPS) is 26.8. The van der Waals surface area contributed by atoms with E-state index in [0.29, 0.717) is 11.3 Å². The monoisotopic (exact) mass is 564 g/mol. The molecule has 9 rings (SSSR count). The van der Waals surface area contributed by atoms with Crippen molar-refractivity contribution in [2.45, 2.75) is 30.3 Å². The molecule has 6 nitrogen and oxygen atoms in total. The molecule has 0 saturated carbocycles. The third kappa shape index (κ3) is 2.99. The van der Waals surface area contributed by atoms with Crippen LogP contribution in [-0.4, -0.2) is 53.9 Å². The molecule has 6 heteroatoms. The molecule has 4 aliphatic rings. The van der Waals surface area contributed by atoms with Crippen molar-refractivity contribution in [1.82, 2.24) is 14.9 Å². The van der Waals surface area contributed by atoms with Crippen molar-refractivity contribution >= 4 is 22.5 Å². The molecule has 4 atom stereocenters. The molecular formula is C37H32N4O2. The summed E-state index contributed by atoms with van der Waals surface area (Å²) in [5.74, 6) is 0.709. The Balaban J connectivity index is 1.41. The first kappa shape index (κ1) is 25.0. The van der Waals surface area contributed by atoms with Crippen molar-refractivity contribution in [1.29, 1.82) is 0 Å². The number of hydrogen-bond donors (Lipinski definition) is 0. The second kappa shape index (κ2) is 8.74. The fraction of sp³-hybridized carbons (Fsp3) is 0.270. The maximum absolute atomic E-state index is 15.5. The predicted octanol–water partition coefficient (Wildman–Crippen LogP) is 6.44. The Hall–Kier alpha value is -4.55. The summed E-state index contributed by atoms with van der Waals surface area (Å²) in [6, 6.07) is 33.4. The molecule has 0 N–H and O–H groups in total. The highest BCUT2D eigenvalue weighted by atomic mass is 16.5. The number of para-hydroxylation sites is 3. The van der Waals surface area contributed by atoms with Gasteiger partial charge in [-0.25, -0.2) is 9.97 Å². The maximum Gasteiger partial charge on any atom is 0.179 e. The second-order valence-electron chi connectivity index (χ2n) is 12.6. The van der Waals surface area contributed by atoms with Crippen molar-refractivity contribution in [2.24, 2.45) is 5.41 Å². The molecule has 0 amide bonds. The molecule has 3 aliphatic heterocycles. The first-order chi connectivity index (χ1) is 21.1. The number of Topliss-reactive ketones (excluding diaryl/α,β-unsaturated/α-hetero) is 1. The van der Waals surface area contributed by atoms with Crippen LogP contribution in [0.2, 0.25) is 0 Å². The number of carbonyl (C=O) groups is 1. The zero-order valence-electron chi connectivity index (χ0n) is 24.3. The van der Waals surface area contributed by atoms with Gasteiger partial charge < -0.3 is 9.64 Å². The van der Waals surface area contributed by atoms with Crippen molar-refractivity contribution < 1.29 is 9.53 Å². The number of aromatic nitrogens is 2. The predicted molar refractivity (Wildman–Crippen MR) is 168 cm³/mol. The molecule has 0 bridgehead atoms. The highest BCUT2D eigenvalue weighted by molar-refractivity contribution is 6.07. The van der Waals surface area contributed by atoms with E-state index in [1.54, 1.807) is 0 Å². The lowest BCUT2D eigenvalue weighted by atomic mass is 9.56. The Kier molecular flexibility index (Phi) is 5.08. The molecule has 1 aliphatic carbocycles. The summed E-state index contributed by atoms with van der Waals surface area (Å²) < 4.78 is 6.71. The summed E-state index contributed by atoms with van der Waals surface area (Å²) in [5.41, 5.74) is 6.87. The van der Waals surface area contributed by atoms with Gasteiger partial charge in [0.05, 0.1) is 28.0 Å². The van der Waals surface area contributed by atoms with E-state index in [4.69, 9.17) is 14.7 Å². The molecule has 43 heavy (non-hydrogen) atoms. The lowest BCUT2D eigenvalue weighted by molar-refractivity contribution is 0.0148. The van der Waals surface area contributed by atoms with Gasteiger partial charge >= 0.3 is 0 Å². The molecule has 4 heterocycles. The van der Waals surface area contributed by atoms with Gasteiger partial charge in [0.2, 0.25) is 0 Å². The van der Waals surface area contributed by atoms with Gasteiger partial charge in [-0.2, -0.15) is 0 Å². The van der Waals surface area contributed by atoms with Crippen molar-refractivity contribution in [3.63, 3.8) is 0 Å². The van der Waals surface area contributed by atoms with E-state index in [1.807, 2.05) is 48.5 Å². The number of hydrogen-bond acceptors (Lipinski definition) is 6. The molecule has 2 fully saturated rings. The Bertz CT molecular complexity index is 1950. The standard InChI is InChI=1S/C37H32N4O2/c1-40(2)24-19-17-23(18-20-24)32-30-15-9-21-41(30)37(36(32)22-43-31-16-8-4-11-26(31)35(36)42)27-12-5-3-10-25(27)33-34(37)39-29-14-7-6-13-28(29)38-33/h3-8,10-14,16-20,30,32H,9,15,21-22H2,1-2H3/t30-,32-,36-,37+/m1/s1. The number of nitrogens with zero attached hydrogens (tertiary/aromatic N) is 4. The highest BCUT2D eigenvalue weighted by Gasteiger charge is 2.77. The van der Waals surface area contributed by atoms with Crippen LogP contribution in [0.15, 0.2) is 97.1 Å². The average Bonchev–Trinajstić information content (AvgIpc) is 3.69. The van der Waals surface area contributed by atoms with Crippen molar-refractivity contribution in [2.75, 3.05) is 32.1 Å². The SMILES string of the molecule is CN(C)c1ccc([C@@H]2[C@H]3CCCN3[C@]3(c4ccccc4-c4nc5ccccc5nc43)[C@]23COc2ccccc2C3=O)cc1. The summed E-state index contributed by atoms with van der Waals surface area (Å²) in [5, 5.41) is 0. The molecular weight excluding hydrogens is 532 g/mol. The summed E-state index contributed by atoms with van der Waals surface area (Å²) in [7, 11) is 4.12. The molecule has 4 aromatic carbocycles. The molecule has 0 unspecified atom stereocenters. The van der Waals surface area contributed by atoms with Crippen LogP contribution < -0.4 is 9.64 Å². The Morgan fingerprint density at radius 3 is 2.33 bits per heavy atom. The van der Waals surface area contributed by atoms with E-state index in [-0.39, 0.29) is 24.3 Å². The number of ketones is 1. The number of carbonyl (C=O) groups excluding carboxylic acids is 1. The first-order valence-corrected chi connectivity index (χ1v) is 15.2. The van der Waals surface area contributed by atoms with Gasteiger partial charge in [0.15, 0.2) is 5.78 Å². The topological polar surface area (TPSA) is 58.6 Å². The van der Waals surface area contributed by atoms with Gasteiger partial charge in [-0.05, 0) is 66.9 Å². The highest BCUT2D eigenvalue weighted by Crippen LogP contribution is 2.71. The zero-order valence-corrected chi connectivity index (χ0v) is 24.3. The summed E-state index contributed by atoms with van der Waals surface area (Å²) in [6.07, 6.45) is 2.08. The minimum Gasteiger partial charge on any atom is -0.492 e. The quantitative estimate of drug-likeness (QED) is 0.246. The minimum absolute atomic E-state index is 0.0978. The van der Waals surface area contributed by atoms with E-state index < -0.39 is 11.0 Å². The van der Waals surface area contributed by atoms with Gasteiger partial charge in [-0.15, -0.1) is 0 Å². The van der Waals surface area contributed by atoms with Crippen LogP contribution in [0.3, 0.4) is 0 Å². The maximum atomic E-state index is 15.5. The number of benzene rings is 4.